The summed E-state index contributed by atoms with van der Waals surface area (Å²) in [7, 11) is 10.4. The second-order valence-electron chi connectivity index (χ2n) is 23.5. The van der Waals surface area contributed by atoms with Gasteiger partial charge in [0.25, 0.3) is 0 Å². The summed E-state index contributed by atoms with van der Waals surface area (Å²) in [5.74, 6) is 0. The van der Waals surface area contributed by atoms with Gasteiger partial charge >= 0.3 is 0 Å². The van der Waals surface area contributed by atoms with E-state index in [2.05, 4.69) is 297 Å². The summed E-state index contributed by atoms with van der Waals surface area (Å²) in [6.07, 6.45) is 8.15. The van der Waals surface area contributed by atoms with Gasteiger partial charge in [0.1, 0.15) is 35.2 Å². The minimum Gasteiger partial charge on any atom is -0.201 e. The monoisotopic (exact) mass is 1120 g/mol. The van der Waals surface area contributed by atoms with Crippen LogP contribution in [0.3, 0.4) is 0 Å². The lowest BCUT2D eigenvalue weighted by atomic mass is 9.96. The summed E-state index contributed by atoms with van der Waals surface area (Å²) in [6, 6.07) is 46.6. The quantitative estimate of drug-likeness (QED) is 0.148. The molecule has 0 saturated heterocycles. The molecule has 0 saturated carbocycles. The number of aromatic nitrogens is 5. The highest BCUT2D eigenvalue weighted by Crippen LogP contribution is 2.29. The molecule has 5 heteroatoms. The second kappa shape index (κ2) is 28.9. The average Bonchev–Trinajstić information content (AvgIpc) is 1.85. The zero-order chi connectivity index (χ0) is 66.1. The van der Waals surface area contributed by atoms with E-state index in [1.807, 2.05) is 30.8 Å². The topological polar surface area (TPSA) is 19.4 Å². The van der Waals surface area contributed by atoms with E-state index < -0.39 is 13.2 Å². The molecule has 0 aliphatic rings. The van der Waals surface area contributed by atoms with Gasteiger partial charge in [-0.05, 0) is 251 Å². The van der Waals surface area contributed by atoms with Crippen molar-refractivity contribution in [3.05, 3.63) is 265 Å². The Bertz CT molecular complexity index is 4190. The molecule has 5 aromatic heterocycles. The number of aryl methyl sites for hydroxylation is 20. The van der Waals surface area contributed by atoms with Crippen LogP contribution in [0.2, 0.25) is 0 Å². The van der Waals surface area contributed by atoms with Crippen LogP contribution >= 0.6 is 0 Å². The summed E-state index contributed by atoms with van der Waals surface area (Å²) in [4.78, 5) is 0. The minimum absolute atomic E-state index is 0.187. The number of nitrogens with zero attached hydrogens (tertiary/aromatic N) is 5. The molecule has 5 nitrogen and oxygen atoms in total. The van der Waals surface area contributed by atoms with E-state index in [0.29, 0.717) is 0 Å². The maximum atomic E-state index is 7.91. The Hall–Kier alpha value is -8.15. The number of pyridine rings is 5. The van der Waals surface area contributed by atoms with Gasteiger partial charge in [-0.2, -0.15) is 0 Å². The number of hydrogen-bond donors (Lipinski definition) is 0. The Morgan fingerprint density at radius 3 is 1.14 bits per heavy atom. The van der Waals surface area contributed by atoms with Crippen molar-refractivity contribution >= 4 is 0 Å². The van der Waals surface area contributed by atoms with Gasteiger partial charge in [0.2, 0.25) is 28.5 Å². The Labute approximate surface area is 514 Å². The molecule has 0 fully saturated rings. The molecule has 0 atom stereocenters. The third-order valence-corrected chi connectivity index (χ3v) is 16.6. The van der Waals surface area contributed by atoms with Gasteiger partial charge in [0.15, 0.2) is 31.0 Å². The van der Waals surface area contributed by atoms with Crippen LogP contribution in [0.1, 0.15) is 114 Å². The molecule has 5 aromatic carbocycles. The summed E-state index contributed by atoms with van der Waals surface area (Å²) in [5, 5.41) is 0. The van der Waals surface area contributed by atoms with Crippen LogP contribution in [0.15, 0.2) is 164 Å². The van der Waals surface area contributed by atoms with Crippen LogP contribution in [0.4, 0.5) is 0 Å². The predicted octanol–water partition coefficient (Wildman–Crippen LogP) is 16.7. The molecular weight excluding hydrogens is 1020 g/mol. The lowest BCUT2D eigenvalue weighted by Crippen LogP contribution is -2.32. The van der Waals surface area contributed by atoms with Crippen LogP contribution in [0, 0.1) is 118 Å². The van der Waals surface area contributed by atoms with Crippen molar-refractivity contribution in [2.45, 2.75) is 131 Å². The van der Waals surface area contributed by atoms with E-state index in [9.17, 15) is 0 Å². The Morgan fingerprint density at radius 1 is 0.298 bits per heavy atom. The number of rotatable bonds is 6. The molecule has 0 aliphatic heterocycles. The third-order valence-electron chi connectivity index (χ3n) is 16.6. The lowest BCUT2D eigenvalue weighted by molar-refractivity contribution is -0.660. The van der Waals surface area contributed by atoms with E-state index in [1.165, 1.54) is 128 Å². The predicted molar refractivity (Wildman–Crippen MR) is 355 cm³/mol. The Kier molecular flexibility index (Phi) is 19.8. The molecular formula is C79H98N5+5. The molecule has 0 spiro atoms. The standard InChI is InChI=1S/C17H22N.2C16H20N.2C15H18N/c1-6-15-7-8-16(13(3)11-15)17-14(4)12(2)9-10-18(17)5;1-11-6-7-16(17(5)10-11)15-9-13(3)12(2)8-14(15)4;1-11-6-7-16(17(5)10-11)15-9-12(2)8-13(3)14(15)4;1-11-9-13(3)14(10-12(11)2)15-7-5-6-8-16(15)4;1-11-9-12(2)13(3)14(10-11)15-7-5-6-8-16(15)4/h7-11H,6H2,1-5H3;2*6-10H,1-5H3;2*5-10H,1-4H3/q5*+1/i1D3,6D2;;;;. The van der Waals surface area contributed by atoms with Crippen LogP contribution in [-0.4, -0.2) is 0 Å². The molecule has 10 aromatic rings. The molecule has 0 N–H and O–H groups in total. The van der Waals surface area contributed by atoms with E-state index in [0.717, 1.165) is 22.4 Å². The minimum atomic E-state index is -2.69. The van der Waals surface area contributed by atoms with Gasteiger partial charge in [-0.25, -0.2) is 22.8 Å². The summed E-state index contributed by atoms with van der Waals surface area (Å²) in [6.45, 7) is 33.6. The van der Waals surface area contributed by atoms with E-state index in [4.69, 9.17) is 6.85 Å². The molecule has 10 rings (SSSR count). The highest BCUT2D eigenvalue weighted by Gasteiger charge is 2.19. The van der Waals surface area contributed by atoms with E-state index in [-0.39, 0.29) is 5.56 Å². The second-order valence-corrected chi connectivity index (χ2v) is 23.5. The lowest BCUT2D eigenvalue weighted by Gasteiger charge is -2.10. The Morgan fingerprint density at radius 2 is 0.714 bits per heavy atom. The maximum Gasteiger partial charge on any atom is 0.215 e. The molecule has 0 unspecified atom stereocenters. The van der Waals surface area contributed by atoms with Gasteiger partial charge in [-0.3, -0.25) is 0 Å². The smallest absolute Gasteiger partial charge is 0.201 e. The molecule has 434 valence electrons. The van der Waals surface area contributed by atoms with Crippen molar-refractivity contribution in [2.75, 3.05) is 0 Å². The van der Waals surface area contributed by atoms with Gasteiger partial charge in [-0.15, -0.1) is 0 Å². The van der Waals surface area contributed by atoms with Crippen LogP contribution in [-0.2, 0) is 41.6 Å². The van der Waals surface area contributed by atoms with Gasteiger partial charge in [0.05, 0.1) is 0 Å². The SMILES string of the molecule is Cc1cc(C)c(-c2cccc[n+]2C)cc1C.Cc1cc(C)c(C)c(-c2ccc(C)c[n+]2C)c1.Cc1cc(C)c(C)c(-c2cccc[n+]2C)c1.Cc1ccc(-c2cc(C)c(C)cc2C)[n+](C)c1.[2H]C([2H])([2H])C([2H])([2H])c1ccc(-c2c(C)c(C)cc[n+]2C)c(C)c1. The third kappa shape index (κ3) is 16.1. The van der Waals surface area contributed by atoms with Gasteiger partial charge < -0.3 is 0 Å². The Balaban J connectivity index is 0.000000179. The first-order chi connectivity index (χ1) is 41.6. The first-order valence-electron chi connectivity index (χ1n) is 31.9. The van der Waals surface area contributed by atoms with Crippen molar-refractivity contribution < 1.29 is 29.7 Å². The summed E-state index contributed by atoms with van der Waals surface area (Å²) < 4.78 is 48.8. The fourth-order valence-electron chi connectivity index (χ4n) is 11.0. The van der Waals surface area contributed by atoms with Gasteiger partial charge in [0, 0.05) is 93.8 Å². The normalized spacial score (nSPS) is 11.8. The molecule has 0 radical (unpaired) electrons. The van der Waals surface area contributed by atoms with Crippen LogP contribution in [0.25, 0.3) is 56.3 Å². The van der Waals surface area contributed by atoms with Crippen molar-refractivity contribution in [3.63, 3.8) is 0 Å². The first kappa shape index (κ1) is 57.7. The maximum absolute atomic E-state index is 7.91. The van der Waals surface area contributed by atoms with Gasteiger partial charge in [-0.1, -0.05) is 54.4 Å². The summed E-state index contributed by atoms with van der Waals surface area (Å²) >= 11 is 0. The van der Waals surface area contributed by atoms with Crippen molar-refractivity contribution in [2.24, 2.45) is 35.2 Å². The average molecular weight is 1120 g/mol. The zero-order valence-electron chi connectivity index (χ0n) is 59.8. The zero-order valence-corrected chi connectivity index (χ0v) is 54.8. The molecule has 0 amide bonds. The van der Waals surface area contributed by atoms with Crippen LogP contribution < -0.4 is 22.8 Å². The largest absolute Gasteiger partial charge is 0.215 e. The summed E-state index contributed by atoms with van der Waals surface area (Å²) in [5.41, 5.74) is 34.6. The van der Waals surface area contributed by atoms with E-state index >= 15 is 0 Å². The fourth-order valence-corrected chi connectivity index (χ4v) is 11.0. The van der Waals surface area contributed by atoms with Crippen LogP contribution in [0.5, 0.6) is 0 Å². The van der Waals surface area contributed by atoms with Crippen molar-refractivity contribution in [1.29, 1.82) is 0 Å². The number of hydrogen-bond acceptors (Lipinski definition) is 0. The first-order valence-corrected chi connectivity index (χ1v) is 29.4. The van der Waals surface area contributed by atoms with Crippen molar-refractivity contribution in [3.8, 4) is 56.3 Å². The molecule has 5 heterocycles. The molecule has 84 heavy (non-hydrogen) atoms. The van der Waals surface area contributed by atoms with E-state index in [1.54, 1.807) is 12.1 Å². The highest BCUT2D eigenvalue weighted by molar-refractivity contribution is 5.68. The molecule has 0 bridgehead atoms. The van der Waals surface area contributed by atoms with Crippen molar-refractivity contribution in [1.82, 2.24) is 0 Å². The fraction of sp³-hybridized carbons (Fsp3) is 0.304. The highest BCUT2D eigenvalue weighted by atomic mass is 14.9. The molecule has 0 aliphatic carbocycles. The number of benzene rings is 5.